The molecule has 1 aromatic rings. The molecule has 0 spiro atoms. The molecule has 1 heterocycles. The van der Waals surface area contributed by atoms with Crippen LogP contribution in [0.3, 0.4) is 0 Å². The molecule has 18 heavy (non-hydrogen) atoms. The zero-order valence-corrected chi connectivity index (χ0v) is 11.0. The summed E-state index contributed by atoms with van der Waals surface area (Å²) in [5, 5.41) is -0.0599. The molecule has 0 radical (unpaired) electrons. The molecule has 0 aromatic carbocycles. The lowest BCUT2D eigenvalue weighted by Crippen LogP contribution is -2.24. The second-order valence-electron chi connectivity index (χ2n) is 3.67. The van der Waals surface area contributed by atoms with Crippen LogP contribution in [0.5, 0.6) is 0 Å². The number of anilines is 1. The quantitative estimate of drug-likeness (QED) is 0.868. The van der Waals surface area contributed by atoms with Crippen LogP contribution >= 0.6 is 23.8 Å². The molecule has 0 unspecified atom stereocenters. The van der Waals surface area contributed by atoms with Crippen molar-refractivity contribution in [1.29, 1.82) is 0 Å². The minimum atomic E-state index is -4.45. The van der Waals surface area contributed by atoms with E-state index in [-0.39, 0.29) is 10.8 Å². The summed E-state index contributed by atoms with van der Waals surface area (Å²) in [5.74, 6) is 0.265. The first kappa shape index (κ1) is 15.0. The maximum absolute atomic E-state index is 12.4. The Morgan fingerprint density at radius 1 is 1.56 bits per heavy atom. The molecule has 3 nitrogen and oxygen atoms in total. The Hall–Kier alpha value is -1.08. The van der Waals surface area contributed by atoms with Gasteiger partial charge >= 0.3 is 6.18 Å². The predicted octanol–water partition coefficient (Wildman–Crippen LogP) is 2.87. The molecule has 100 valence electrons. The summed E-state index contributed by atoms with van der Waals surface area (Å²) in [6.07, 6.45) is -3.27. The lowest BCUT2D eigenvalue weighted by atomic mass is 10.2. The summed E-state index contributed by atoms with van der Waals surface area (Å²) in [4.78, 5) is 5.64. The zero-order valence-electron chi connectivity index (χ0n) is 9.46. The van der Waals surface area contributed by atoms with Crippen molar-refractivity contribution in [3.63, 3.8) is 0 Å². The average Bonchev–Trinajstić information content (AvgIpc) is 2.24. The van der Waals surface area contributed by atoms with Gasteiger partial charge in [0.1, 0.15) is 5.82 Å². The van der Waals surface area contributed by atoms with Crippen LogP contribution in [-0.2, 0) is 6.18 Å². The molecule has 0 saturated heterocycles. The molecule has 1 rings (SSSR count). The molecule has 0 amide bonds. The van der Waals surface area contributed by atoms with Gasteiger partial charge in [0.2, 0.25) is 0 Å². The first-order chi connectivity index (χ1) is 8.21. The predicted molar refractivity (Wildman–Crippen MR) is 68.9 cm³/mol. The standard InChI is InChI=1S/C10H11ClF3N3S/c1-17(3-2-8(15)18)9-7(11)4-6(5-16-9)10(12,13)14/h4-5H,2-3H2,1H3,(H2,15,18). The Kier molecular flexibility index (Phi) is 4.75. The highest BCUT2D eigenvalue weighted by Gasteiger charge is 2.31. The maximum atomic E-state index is 12.4. The third kappa shape index (κ3) is 3.99. The van der Waals surface area contributed by atoms with Crippen LogP contribution in [0.4, 0.5) is 19.0 Å². The molecule has 0 atom stereocenters. The van der Waals surface area contributed by atoms with Gasteiger partial charge in [-0.1, -0.05) is 23.8 Å². The van der Waals surface area contributed by atoms with Crippen LogP contribution in [-0.4, -0.2) is 23.6 Å². The van der Waals surface area contributed by atoms with Gasteiger partial charge in [-0.25, -0.2) is 4.98 Å². The second-order valence-corrected chi connectivity index (χ2v) is 4.60. The van der Waals surface area contributed by atoms with Crippen LogP contribution in [0.15, 0.2) is 12.3 Å². The second kappa shape index (κ2) is 5.71. The molecular formula is C10H11ClF3N3S. The van der Waals surface area contributed by atoms with E-state index in [9.17, 15) is 13.2 Å². The summed E-state index contributed by atoms with van der Waals surface area (Å²) < 4.78 is 37.2. The van der Waals surface area contributed by atoms with E-state index in [1.165, 1.54) is 0 Å². The van der Waals surface area contributed by atoms with Gasteiger partial charge in [-0.2, -0.15) is 13.2 Å². The fraction of sp³-hybridized carbons (Fsp3) is 0.400. The third-order valence-electron chi connectivity index (χ3n) is 2.20. The number of rotatable bonds is 4. The SMILES string of the molecule is CN(CCC(N)=S)c1ncc(C(F)(F)F)cc1Cl. The Labute approximate surface area is 113 Å². The summed E-state index contributed by atoms with van der Waals surface area (Å²) in [6, 6.07) is 0.848. The van der Waals surface area contributed by atoms with E-state index in [2.05, 4.69) is 4.98 Å². The topological polar surface area (TPSA) is 42.1 Å². The number of pyridine rings is 1. The highest BCUT2D eigenvalue weighted by molar-refractivity contribution is 7.80. The monoisotopic (exact) mass is 297 g/mol. The van der Waals surface area contributed by atoms with Crippen molar-refractivity contribution >= 4 is 34.6 Å². The van der Waals surface area contributed by atoms with Crippen molar-refractivity contribution in [3.8, 4) is 0 Å². The lowest BCUT2D eigenvalue weighted by molar-refractivity contribution is -0.137. The van der Waals surface area contributed by atoms with Crippen LogP contribution in [0.1, 0.15) is 12.0 Å². The van der Waals surface area contributed by atoms with Crippen LogP contribution in [0, 0.1) is 0 Å². The van der Waals surface area contributed by atoms with Gasteiger partial charge in [0.05, 0.1) is 15.6 Å². The lowest BCUT2D eigenvalue weighted by Gasteiger charge is -2.19. The highest BCUT2D eigenvalue weighted by atomic mass is 35.5. The van der Waals surface area contributed by atoms with Gasteiger partial charge in [0, 0.05) is 26.2 Å². The van der Waals surface area contributed by atoms with E-state index >= 15 is 0 Å². The normalized spacial score (nSPS) is 11.4. The fourth-order valence-corrected chi connectivity index (χ4v) is 1.65. The number of nitrogens with zero attached hydrogens (tertiary/aromatic N) is 2. The highest BCUT2D eigenvalue weighted by Crippen LogP contribution is 2.33. The first-order valence-electron chi connectivity index (χ1n) is 4.94. The number of thiocarbonyl (C=S) groups is 1. The number of nitrogens with two attached hydrogens (primary N) is 1. The Morgan fingerprint density at radius 2 is 2.17 bits per heavy atom. The minimum absolute atomic E-state index is 0.0599. The first-order valence-corrected chi connectivity index (χ1v) is 5.72. The van der Waals surface area contributed by atoms with E-state index in [0.29, 0.717) is 18.0 Å². The number of alkyl halides is 3. The zero-order chi connectivity index (χ0) is 13.9. The molecular weight excluding hydrogens is 287 g/mol. The number of hydrogen-bond donors (Lipinski definition) is 1. The Bertz CT molecular complexity index is 450. The van der Waals surface area contributed by atoms with Crippen molar-refractivity contribution in [2.75, 3.05) is 18.5 Å². The molecule has 0 aliphatic carbocycles. The van der Waals surface area contributed by atoms with E-state index < -0.39 is 11.7 Å². The molecule has 2 N–H and O–H groups in total. The Morgan fingerprint density at radius 3 is 2.61 bits per heavy atom. The molecule has 1 aromatic heterocycles. The van der Waals surface area contributed by atoms with Gasteiger partial charge in [-0.05, 0) is 6.07 Å². The van der Waals surface area contributed by atoms with Crippen molar-refractivity contribution in [1.82, 2.24) is 4.98 Å². The van der Waals surface area contributed by atoms with Crippen molar-refractivity contribution < 1.29 is 13.2 Å². The summed E-state index contributed by atoms with van der Waals surface area (Å²) in [7, 11) is 1.65. The molecule has 0 aliphatic heterocycles. The van der Waals surface area contributed by atoms with Crippen LogP contribution < -0.4 is 10.6 Å². The largest absolute Gasteiger partial charge is 0.417 e. The van der Waals surface area contributed by atoms with Crippen molar-refractivity contribution in [2.45, 2.75) is 12.6 Å². The average molecular weight is 298 g/mol. The number of hydrogen-bond acceptors (Lipinski definition) is 3. The summed E-state index contributed by atoms with van der Waals surface area (Å²) in [5.41, 5.74) is 4.46. The van der Waals surface area contributed by atoms with Crippen LogP contribution in [0.2, 0.25) is 5.02 Å². The van der Waals surface area contributed by atoms with Gasteiger partial charge in [-0.15, -0.1) is 0 Å². The number of halogens is 4. The summed E-state index contributed by atoms with van der Waals surface area (Å²) in [6.45, 7) is 0.438. The molecule has 8 heteroatoms. The molecule has 0 fully saturated rings. The van der Waals surface area contributed by atoms with Gasteiger partial charge < -0.3 is 10.6 Å². The van der Waals surface area contributed by atoms with E-state index in [0.717, 1.165) is 12.3 Å². The maximum Gasteiger partial charge on any atom is 0.417 e. The Balaban J connectivity index is 2.88. The fourth-order valence-electron chi connectivity index (χ4n) is 1.25. The van der Waals surface area contributed by atoms with E-state index in [1.54, 1.807) is 11.9 Å². The van der Waals surface area contributed by atoms with Crippen molar-refractivity contribution in [2.24, 2.45) is 5.73 Å². The minimum Gasteiger partial charge on any atom is -0.393 e. The van der Waals surface area contributed by atoms with Gasteiger partial charge in [-0.3, -0.25) is 0 Å². The van der Waals surface area contributed by atoms with Crippen molar-refractivity contribution in [3.05, 3.63) is 22.8 Å². The van der Waals surface area contributed by atoms with E-state index in [4.69, 9.17) is 29.6 Å². The molecule has 0 bridgehead atoms. The number of aromatic nitrogens is 1. The van der Waals surface area contributed by atoms with E-state index in [1.807, 2.05) is 0 Å². The van der Waals surface area contributed by atoms with Gasteiger partial charge in [0.15, 0.2) is 0 Å². The third-order valence-corrected chi connectivity index (χ3v) is 2.69. The molecule has 0 saturated carbocycles. The van der Waals surface area contributed by atoms with Gasteiger partial charge in [0.25, 0.3) is 0 Å². The van der Waals surface area contributed by atoms with Crippen LogP contribution in [0.25, 0.3) is 0 Å². The summed E-state index contributed by atoms with van der Waals surface area (Å²) >= 11 is 10.5. The smallest absolute Gasteiger partial charge is 0.393 e. The molecule has 0 aliphatic rings.